The van der Waals surface area contributed by atoms with Crippen molar-refractivity contribution in [1.82, 2.24) is 15.2 Å². The van der Waals surface area contributed by atoms with E-state index in [-0.39, 0.29) is 0 Å². The Kier molecular flexibility index (Phi) is 4.00. The van der Waals surface area contributed by atoms with E-state index < -0.39 is 0 Å². The first-order valence-electron chi connectivity index (χ1n) is 6.38. The van der Waals surface area contributed by atoms with Crippen molar-refractivity contribution in [2.45, 2.75) is 28.9 Å². The van der Waals surface area contributed by atoms with Crippen molar-refractivity contribution >= 4 is 17.4 Å². The number of nitrogens with one attached hydrogen (secondary N) is 2. The minimum Gasteiger partial charge on any atom is -0.382 e. The van der Waals surface area contributed by atoms with Gasteiger partial charge in [0.05, 0.1) is 0 Å². The molecule has 1 aliphatic rings. The van der Waals surface area contributed by atoms with Crippen LogP contribution in [-0.4, -0.2) is 34.4 Å². The van der Waals surface area contributed by atoms with Crippen LogP contribution in [0.2, 0.25) is 0 Å². The van der Waals surface area contributed by atoms with Crippen LogP contribution in [0.4, 0.5) is 5.69 Å². The molecule has 0 spiro atoms. The van der Waals surface area contributed by atoms with Crippen molar-refractivity contribution in [3.63, 3.8) is 0 Å². The summed E-state index contributed by atoms with van der Waals surface area (Å²) in [6.07, 6.45) is 3.67. The van der Waals surface area contributed by atoms with Crippen LogP contribution in [0.15, 0.2) is 40.6 Å². The predicted molar refractivity (Wildman–Crippen MR) is 74.4 cm³/mol. The zero-order valence-electron chi connectivity index (χ0n) is 10.5. The van der Waals surface area contributed by atoms with Crippen LogP contribution >= 0.6 is 11.8 Å². The molecule has 2 heterocycles. The zero-order chi connectivity index (χ0) is 12.9. The Morgan fingerprint density at radius 3 is 2.68 bits per heavy atom. The van der Waals surface area contributed by atoms with Gasteiger partial charge in [0, 0.05) is 29.8 Å². The summed E-state index contributed by atoms with van der Waals surface area (Å²) in [4.78, 5) is 5.24. The number of aromatic amines is 1. The molecule has 1 aliphatic heterocycles. The summed E-state index contributed by atoms with van der Waals surface area (Å²) in [5.41, 5.74) is 1.16. The van der Waals surface area contributed by atoms with Gasteiger partial charge in [0.25, 0.3) is 0 Å². The lowest BCUT2D eigenvalue weighted by molar-refractivity contribution is 0.0904. The highest BCUT2D eigenvalue weighted by Gasteiger charge is 2.13. The van der Waals surface area contributed by atoms with Crippen molar-refractivity contribution in [3.05, 3.63) is 30.6 Å². The van der Waals surface area contributed by atoms with E-state index in [1.807, 2.05) is 0 Å². The lowest BCUT2D eigenvalue weighted by Crippen LogP contribution is -2.27. The van der Waals surface area contributed by atoms with Crippen LogP contribution in [0.5, 0.6) is 0 Å². The van der Waals surface area contributed by atoms with Gasteiger partial charge in [-0.05, 0) is 37.1 Å². The lowest BCUT2D eigenvalue weighted by Gasteiger charge is -2.24. The molecule has 19 heavy (non-hydrogen) atoms. The van der Waals surface area contributed by atoms with Crippen LogP contribution < -0.4 is 5.32 Å². The molecule has 5 nitrogen and oxygen atoms in total. The summed E-state index contributed by atoms with van der Waals surface area (Å²) in [5.74, 6) is 0. The highest BCUT2D eigenvalue weighted by atomic mass is 32.2. The highest BCUT2D eigenvalue weighted by molar-refractivity contribution is 7.99. The lowest BCUT2D eigenvalue weighted by atomic mass is 10.1. The van der Waals surface area contributed by atoms with Gasteiger partial charge in [0.2, 0.25) is 0 Å². The third-order valence-electron chi connectivity index (χ3n) is 3.05. The number of rotatable bonds is 4. The quantitative estimate of drug-likeness (QED) is 0.898. The summed E-state index contributed by atoms with van der Waals surface area (Å²) in [6, 6.07) is 8.92. The molecule has 6 heteroatoms. The number of hydrogen-bond acceptors (Lipinski definition) is 5. The number of H-pyrrole nitrogens is 1. The van der Waals surface area contributed by atoms with Crippen LogP contribution in [0.1, 0.15) is 12.8 Å². The third kappa shape index (κ3) is 3.48. The number of ether oxygens (including phenoxy) is 1. The Labute approximate surface area is 116 Å². The molecular weight excluding hydrogens is 260 g/mol. The Hall–Kier alpha value is -1.53. The van der Waals surface area contributed by atoms with Gasteiger partial charge in [-0.2, -0.15) is 5.10 Å². The fourth-order valence-electron chi connectivity index (χ4n) is 2.05. The molecule has 0 amide bonds. The van der Waals surface area contributed by atoms with E-state index in [9.17, 15) is 0 Å². The van der Waals surface area contributed by atoms with Crippen molar-refractivity contribution in [2.75, 3.05) is 18.5 Å². The van der Waals surface area contributed by atoms with Gasteiger partial charge in [0.1, 0.15) is 6.33 Å². The Morgan fingerprint density at radius 2 is 2.00 bits per heavy atom. The Bertz CT molecular complexity index is 494. The van der Waals surface area contributed by atoms with Gasteiger partial charge < -0.3 is 10.1 Å². The molecule has 1 aromatic heterocycles. The second-order valence-corrected chi connectivity index (χ2v) is 5.51. The molecule has 1 fully saturated rings. The molecule has 0 aliphatic carbocycles. The number of benzene rings is 1. The second-order valence-electron chi connectivity index (χ2n) is 4.45. The molecule has 0 atom stereocenters. The molecule has 1 saturated heterocycles. The average Bonchev–Trinajstić information content (AvgIpc) is 2.95. The van der Waals surface area contributed by atoms with E-state index in [0.29, 0.717) is 6.04 Å². The first kappa shape index (κ1) is 12.5. The fourth-order valence-corrected chi connectivity index (χ4v) is 2.75. The van der Waals surface area contributed by atoms with Gasteiger partial charge in [-0.3, -0.25) is 5.10 Å². The third-order valence-corrected chi connectivity index (χ3v) is 3.95. The van der Waals surface area contributed by atoms with Crippen LogP contribution in [0.3, 0.4) is 0 Å². The van der Waals surface area contributed by atoms with Gasteiger partial charge in [0.15, 0.2) is 5.16 Å². The van der Waals surface area contributed by atoms with Crippen LogP contribution in [-0.2, 0) is 4.74 Å². The van der Waals surface area contributed by atoms with Crippen molar-refractivity contribution < 1.29 is 4.74 Å². The Balaban J connectivity index is 1.58. The molecule has 2 N–H and O–H groups in total. The maximum Gasteiger partial charge on any atom is 0.188 e. The molecule has 100 valence electrons. The molecule has 0 radical (unpaired) electrons. The summed E-state index contributed by atoms with van der Waals surface area (Å²) in [7, 11) is 0. The first-order chi connectivity index (χ1) is 9.40. The SMILES string of the molecule is c1n[nH]c(Sc2ccc(NC3CCOCC3)cc2)n1. The number of hydrogen-bond donors (Lipinski definition) is 2. The van der Waals surface area contributed by atoms with Crippen molar-refractivity contribution in [1.29, 1.82) is 0 Å². The molecule has 2 aromatic rings. The maximum atomic E-state index is 5.36. The minimum atomic E-state index is 0.529. The van der Waals surface area contributed by atoms with Crippen molar-refractivity contribution in [3.8, 4) is 0 Å². The fraction of sp³-hybridized carbons (Fsp3) is 0.385. The average molecular weight is 276 g/mol. The van der Waals surface area contributed by atoms with E-state index in [1.54, 1.807) is 11.8 Å². The van der Waals surface area contributed by atoms with Crippen LogP contribution in [0.25, 0.3) is 0 Å². The highest BCUT2D eigenvalue weighted by Crippen LogP contribution is 2.25. The second kappa shape index (κ2) is 6.08. The van der Waals surface area contributed by atoms with E-state index in [1.165, 1.54) is 6.33 Å². The largest absolute Gasteiger partial charge is 0.382 e. The smallest absolute Gasteiger partial charge is 0.188 e. The number of nitrogens with zero attached hydrogens (tertiary/aromatic N) is 2. The van der Waals surface area contributed by atoms with E-state index in [0.717, 1.165) is 41.8 Å². The topological polar surface area (TPSA) is 62.8 Å². The molecule has 0 bridgehead atoms. The first-order valence-corrected chi connectivity index (χ1v) is 7.19. The van der Waals surface area contributed by atoms with Gasteiger partial charge >= 0.3 is 0 Å². The normalized spacial score (nSPS) is 16.4. The van der Waals surface area contributed by atoms with E-state index >= 15 is 0 Å². The Morgan fingerprint density at radius 1 is 1.21 bits per heavy atom. The van der Waals surface area contributed by atoms with Gasteiger partial charge in [-0.25, -0.2) is 4.98 Å². The van der Waals surface area contributed by atoms with Gasteiger partial charge in [-0.15, -0.1) is 0 Å². The number of aromatic nitrogens is 3. The summed E-state index contributed by atoms with van der Waals surface area (Å²) in [5, 5.41) is 11.0. The van der Waals surface area contributed by atoms with Gasteiger partial charge in [-0.1, -0.05) is 11.8 Å². The molecular formula is C13H16N4OS. The molecule has 1 aromatic carbocycles. The molecule has 0 saturated carbocycles. The maximum absolute atomic E-state index is 5.36. The van der Waals surface area contributed by atoms with Crippen LogP contribution in [0, 0.1) is 0 Å². The summed E-state index contributed by atoms with van der Waals surface area (Å²) < 4.78 is 5.36. The molecule has 0 unspecified atom stereocenters. The number of anilines is 1. The monoisotopic (exact) mass is 276 g/mol. The molecule has 3 rings (SSSR count). The van der Waals surface area contributed by atoms with Crippen molar-refractivity contribution in [2.24, 2.45) is 0 Å². The summed E-state index contributed by atoms with van der Waals surface area (Å²) in [6.45, 7) is 1.72. The minimum absolute atomic E-state index is 0.529. The van der Waals surface area contributed by atoms with E-state index in [4.69, 9.17) is 4.74 Å². The zero-order valence-corrected chi connectivity index (χ0v) is 11.3. The van der Waals surface area contributed by atoms with E-state index in [2.05, 4.69) is 44.8 Å². The standard InChI is InChI=1S/C13H16N4OS/c1-3-12(19-13-14-9-15-17-13)4-2-10(1)16-11-5-7-18-8-6-11/h1-4,9,11,16H,5-8H2,(H,14,15,17). The predicted octanol–water partition coefficient (Wildman–Crippen LogP) is 2.55. The summed E-state index contributed by atoms with van der Waals surface area (Å²) >= 11 is 1.57.